The molecule has 0 saturated carbocycles. The SMILES string of the molecule is CN(C)[C@@H](CNC(=O)C[C@H]1Sc2ccc(Cl)cc2NC1=O)c1ccccc1. The molecule has 7 heteroatoms. The van der Waals surface area contributed by atoms with Crippen molar-refractivity contribution < 1.29 is 9.59 Å². The lowest BCUT2D eigenvalue weighted by atomic mass is 10.1. The highest BCUT2D eigenvalue weighted by Gasteiger charge is 2.29. The number of amides is 2. The van der Waals surface area contributed by atoms with E-state index in [2.05, 4.69) is 15.5 Å². The first kappa shape index (κ1) is 19.7. The van der Waals surface area contributed by atoms with E-state index < -0.39 is 5.25 Å². The summed E-state index contributed by atoms with van der Waals surface area (Å²) in [7, 11) is 3.96. The Labute approximate surface area is 168 Å². The van der Waals surface area contributed by atoms with Crippen molar-refractivity contribution in [3.63, 3.8) is 0 Å². The Bertz CT molecular complexity index is 829. The van der Waals surface area contributed by atoms with E-state index in [0.717, 1.165) is 10.5 Å². The first-order chi connectivity index (χ1) is 12.9. The van der Waals surface area contributed by atoms with Crippen molar-refractivity contribution in [3.8, 4) is 0 Å². The fourth-order valence-corrected chi connectivity index (χ4v) is 4.24. The van der Waals surface area contributed by atoms with Crippen molar-refractivity contribution in [1.29, 1.82) is 0 Å². The van der Waals surface area contributed by atoms with Crippen molar-refractivity contribution in [3.05, 3.63) is 59.1 Å². The highest BCUT2D eigenvalue weighted by molar-refractivity contribution is 8.01. The molecule has 142 valence electrons. The molecule has 2 aromatic carbocycles. The number of rotatable bonds is 6. The second kappa shape index (κ2) is 8.78. The standard InChI is InChI=1S/C20H22ClN3O2S/c1-24(2)16(13-6-4-3-5-7-13)12-22-19(25)11-18-20(26)23-15-10-14(21)8-9-17(15)27-18/h3-10,16,18H,11-12H2,1-2H3,(H,22,25)(H,23,26)/t16-,18+/m0/s1. The van der Waals surface area contributed by atoms with Crippen LogP contribution in [0.4, 0.5) is 5.69 Å². The first-order valence-corrected chi connectivity index (χ1v) is 9.95. The van der Waals surface area contributed by atoms with E-state index in [1.807, 2.05) is 50.5 Å². The summed E-state index contributed by atoms with van der Waals surface area (Å²) in [5, 5.41) is 5.92. The maximum atomic E-state index is 12.4. The number of carbonyl (C=O) groups excluding carboxylic acids is 2. The monoisotopic (exact) mass is 403 g/mol. The smallest absolute Gasteiger partial charge is 0.238 e. The zero-order chi connectivity index (χ0) is 19.4. The largest absolute Gasteiger partial charge is 0.354 e. The number of nitrogens with one attached hydrogen (secondary N) is 2. The van der Waals surface area contributed by atoms with Crippen LogP contribution in [0.2, 0.25) is 5.02 Å². The number of anilines is 1. The minimum Gasteiger partial charge on any atom is -0.354 e. The van der Waals surface area contributed by atoms with Gasteiger partial charge in [-0.15, -0.1) is 11.8 Å². The summed E-state index contributed by atoms with van der Waals surface area (Å²) < 4.78 is 0. The normalized spacial score (nSPS) is 17.2. The minimum atomic E-state index is -0.451. The molecule has 1 heterocycles. The molecule has 0 fully saturated rings. The van der Waals surface area contributed by atoms with Gasteiger partial charge < -0.3 is 15.5 Å². The van der Waals surface area contributed by atoms with Crippen LogP contribution in [0.15, 0.2) is 53.4 Å². The molecule has 0 aliphatic carbocycles. The fraction of sp³-hybridized carbons (Fsp3) is 0.300. The van der Waals surface area contributed by atoms with E-state index in [1.165, 1.54) is 11.8 Å². The molecule has 0 aromatic heterocycles. The lowest BCUT2D eigenvalue weighted by molar-refractivity contribution is -0.124. The van der Waals surface area contributed by atoms with Crippen LogP contribution in [0, 0.1) is 0 Å². The average Bonchev–Trinajstić information content (AvgIpc) is 2.63. The second-order valence-electron chi connectivity index (χ2n) is 6.63. The Balaban J connectivity index is 1.59. The van der Waals surface area contributed by atoms with Crippen LogP contribution in [-0.4, -0.2) is 42.6 Å². The summed E-state index contributed by atoms with van der Waals surface area (Å²) in [5.74, 6) is -0.306. The van der Waals surface area contributed by atoms with Crippen LogP contribution >= 0.6 is 23.4 Å². The summed E-state index contributed by atoms with van der Waals surface area (Å²) in [6, 6.07) is 15.5. The molecule has 3 rings (SSSR count). The fourth-order valence-electron chi connectivity index (χ4n) is 2.98. The molecule has 0 radical (unpaired) electrons. The van der Waals surface area contributed by atoms with Gasteiger partial charge in [-0.2, -0.15) is 0 Å². The molecule has 2 amide bonds. The van der Waals surface area contributed by atoms with Crippen molar-refractivity contribution >= 4 is 40.9 Å². The summed E-state index contributed by atoms with van der Waals surface area (Å²) in [5.41, 5.74) is 1.84. The second-order valence-corrected chi connectivity index (χ2v) is 8.32. The molecule has 0 unspecified atom stereocenters. The first-order valence-electron chi connectivity index (χ1n) is 8.69. The van der Waals surface area contributed by atoms with E-state index in [-0.39, 0.29) is 24.3 Å². The molecule has 2 N–H and O–H groups in total. The number of hydrogen-bond acceptors (Lipinski definition) is 4. The molecule has 2 atom stereocenters. The highest BCUT2D eigenvalue weighted by atomic mass is 35.5. The maximum absolute atomic E-state index is 12.4. The van der Waals surface area contributed by atoms with Gasteiger partial charge in [0.25, 0.3) is 0 Å². The molecule has 1 aliphatic heterocycles. The average molecular weight is 404 g/mol. The predicted molar refractivity (Wildman–Crippen MR) is 110 cm³/mol. The third kappa shape index (κ3) is 5.03. The van der Waals surface area contributed by atoms with Gasteiger partial charge in [0, 0.05) is 22.9 Å². The Hall–Kier alpha value is -2.02. The van der Waals surface area contributed by atoms with Gasteiger partial charge >= 0.3 is 0 Å². The highest BCUT2D eigenvalue weighted by Crippen LogP contribution is 2.38. The van der Waals surface area contributed by atoms with Crippen LogP contribution in [-0.2, 0) is 9.59 Å². The number of benzene rings is 2. The molecule has 0 saturated heterocycles. The van der Waals surface area contributed by atoms with Crippen LogP contribution in [0.25, 0.3) is 0 Å². The zero-order valence-electron chi connectivity index (χ0n) is 15.2. The van der Waals surface area contributed by atoms with Gasteiger partial charge in [-0.3, -0.25) is 9.59 Å². The summed E-state index contributed by atoms with van der Waals surface area (Å²) >= 11 is 7.36. The topological polar surface area (TPSA) is 61.4 Å². The van der Waals surface area contributed by atoms with Crippen molar-refractivity contribution in [1.82, 2.24) is 10.2 Å². The molecule has 2 aromatic rings. The third-order valence-electron chi connectivity index (χ3n) is 4.43. The molecule has 5 nitrogen and oxygen atoms in total. The molecule has 27 heavy (non-hydrogen) atoms. The summed E-state index contributed by atoms with van der Waals surface area (Å²) in [4.78, 5) is 27.7. The number of fused-ring (bicyclic) bond motifs is 1. The minimum absolute atomic E-state index is 0.0749. The van der Waals surface area contributed by atoms with Gasteiger partial charge in [-0.25, -0.2) is 0 Å². The van der Waals surface area contributed by atoms with Crippen molar-refractivity contribution in [2.45, 2.75) is 22.6 Å². The Morgan fingerprint density at radius 3 is 2.70 bits per heavy atom. The predicted octanol–water partition coefficient (Wildman–Crippen LogP) is 3.56. The molecule has 0 bridgehead atoms. The van der Waals surface area contributed by atoms with Crippen LogP contribution in [0.3, 0.4) is 0 Å². The third-order valence-corrected chi connectivity index (χ3v) is 5.94. The maximum Gasteiger partial charge on any atom is 0.238 e. The molecule has 0 spiro atoms. The number of hydrogen-bond donors (Lipinski definition) is 2. The molecule has 1 aliphatic rings. The van der Waals surface area contributed by atoms with Crippen LogP contribution < -0.4 is 10.6 Å². The number of nitrogens with zero attached hydrogens (tertiary/aromatic N) is 1. The lowest BCUT2D eigenvalue weighted by Gasteiger charge is -2.26. The summed E-state index contributed by atoms with van der Waals surface area (Å²) in [6.07, 6.45) is 0.132. The van der Waals surface area contributed by atoms with E-state index in [4.69, 9.17) is 11.6 Å². The van der Waals surface area contributed by atoms with Crippen molar-refractivity contribution in [2.24, 2.45) is 0 Å². The van der Waals surface area contributed by atoms with Crippen molar-refractivity contribution in [2.75, 3.05) is 26.0 Å². The van der Waals surface area contributed by atoms with Gasteiger partial charge in [-0.05, 0) is 37.9 Å². The Morgan fingerprint density at radius 1 is 1.26 bits per heavy atom. The van der Waals surface area contributed by atoms with Gasteiger partial charge in [0.1, 0.15) is 0 Å². The van der Waals surface area contributed by atoms with Gasteiger partial charge in [0.05, 0.1) is 17.0 Å². The Kier molecular flexibility index (Phi) is 6.42. The van der Waals surface area contributed by atoms with E-state index >= 15 is 0 Å². The van der Waals surface area contributed by atoms with Gasteiger partial charge in [0.2, 0.25) is 11.8 Å². The molecular formula is C20H22ClN3O2S. The van der Waals surface area contributed by atoms with E-state index in [9.17, 15) is 9.59 Å². The van der Waals surface area contributed by atoms with Gasteiger partial charge in [-0.1, -0.05) is 41.9 Å². The number of carbonyl (C=O) groups is 2. The lowest BCUT2D eigenvalue weighted by Crippen LogP contribution is -2.38. The zero-order valence-corrected chi connectivity index (χ0v) is 16.8. The van der Waals surface area contributed by atoms with Crippen LogP contribution in [0.5, 0.6) is 0 Å². The number of halogens is 1. The molecular weight excluding hydrogens is 382 g/mol. The number of likely N-dealkylation sites (N-methyl/N-ethyl adjacent to an activating group) is 1. The van der Waals surface area contributed by atoms with E-state index in [1.54, 1.807) is 12.1 Å². The number of thioether (sulfide) groups is 1. The quantitative estimate of drug-likeness (QED) is 0.774. The Morgan fingerprint density at radius 2 is 2.00 bits per heavy atom. The summed E-state index contributed by atoms with van der Waals surface area (Å²) in [6.45, 7) is 0.487. The van der Waals surface area contributed by atoms with E-state index in [0.29, 0.717) is 17.3 Å². The van der Waals surface area contributed by atoms with Gasteiger partial charge in [0.15, 0.2) is 0 Å². The van der Waals surface area contributed by atoms with Crippen LogP contribution in [0.1, 0.15) is 18.0 Å².